The predicted octanol–water partition coefficient (Wildman–Crippen LogP) is 2.48. The summed E-state index contributed by atoms with van der Waals surface area (Å²) in [7, 11) is -3.66. The lowest BCUT2D eigenvalue weighted by molar-refractivity contribution is -0.150. The molecule has 27 heavy (non-hydrogen) atoms. The van der Waals surface area contributed by atoms with Crippen LogP contribution < -0.4 is 5.32 Å². The van der Waals surface area contributed by atoms with Gasteiger partial charge in [-0.05, 0) is 31.0 Å². The fraction of sp³-hybridized carbons (Fsp3) is 0.579. The van der Waals surface area contributed by atoms with E-state index in [0.29, 0.717) is 25.9 Å². The number of benzene rings is 1. The molecule has 1 fully saturated rings. The topological polar surface area (TPSA) is 104 Å². The molecule has 0 unspecified atom stereocenters. The highest BCUT2D eigenvalue weighted by molar-refractivity contribution is 7.89. The molecule has 0 bridgehead atoms. The third kappa shape index (κ3) is 4.68. The molecule has 2 N–H and O–H groups in total. The maximum absolute atomic E-state index is 12.6. The molecule has 150 valence electrons. The van der Waals surface area contributed by atoms with E-state index in [1.807, 2.05) is 0 Å². The first-order chi connectivity index (χ1) is 12.8. The lowest BCUT2D eigenvalue weighted by Gasteiger charge is -2.33. The molecule has 1 aliphatic carbocycles. The molecular formula is C19H28N2O5S. The normalized spacial score (nSPS) is 16.9. The van der Waals surface area contributed by atoms with Crippen LogP contribution in [0.1, 0.15) is 56.3 Å². The quantitative estimate of drug-likeness (QED) is 0.702. The van der Waals surface area contributed by atoms with Crippen LogP contribution in [-0.4, -0.2) is 49.3 Å². The molecule has 1 aromatic carbocycles. The van der Waals surface area contributed by atoms with Crippen LogP contribution in [0.2, 0.25) is 0 Å². The maximum Gasteiger partial charge on any atom is 0.311 e. The summed E-state index contributed by atoms with van der Waals surface area (Å²) in [6.07, 6.45) is 3.76. The van der Waals surface area contributed by atoms with Gasteiger partial charge in [0.15, 0.2) is 0 Å². The smallest absolute Gasteiger partial charge is 0.311 e. The van der Waals surface area contributed by atoms with Crippen molar-refractivity contribution in [1.82, 2.24) is 9.62 Å². The van der Waals surface area contributed by atoms with E-state index >= 15 is 0 Å². The van der Waals surface area contributed by atoms with Crippen molar-refractivity contribution in [2.45, 2.75) is 50.8 Å². The molecule has 1 amide bonds. The first kappa shape index (κ1) is 21.4. The molecular weight excluding hydrogens is 368 g/mol. The Hall–Kier alpha value is -1.93. The lowest BCUT2D eigenvalue weighted by Crippen LogP contribution is -2.44. The maximum atomic E-state index is 12.6. The van der Waals surface area contributed by atoms with Crippen molar-refractivity contribution in [3.05, 3.63) is 29.8 Å². The lowest BCUT2D eigenvalue weighted by atomic mass is 9.74. The number of hydrogen-bond donors (Lipinski definition) is 2. The van der Waals surface area contributed by atoms with Crippen molar-refractivity contribution in [2.75, 3.05) is 19.6 Å². The van der Waals surface area contributed by atoms with Gasteiger partial charge in [-0.1, -0.05) is 39.2 Å². The summed E-state index contributed by atoms with van der Waals surface area (Å²) in [6, 6.07) is 5.87. The van der Waals surface area contributed by atoms with E-state index in [9.17, 15) is 23.1 Å². The second-order valence-corrected chi connectivity index (χ2v) is 8.88. The van der Waals surface area contributed by atoms with E-state index in [1.54, 1.807) is 13.8 Å². The highest BCUT2D eigenvalue weighted by Gasteiger charge is 2.39. The number of aliphatic carboxylic acids is 1. The molecule has 0 aromatic heterocycles. The molecule has 0 heterocycles. The largest absolute Gasteiger partial charge is 0.481 e. The standard InChI is InChI=1S/C19H28N2O5S/c1-3-21(4-2)27(25,26)16-10-8-9-15(13-16)17(22)20-14-19(18(23)24)11-6-5-7-12-19/h8-10,13H,3-7,11-12,14H2,1-2H3,(H,20,22)(H,23,24). The number of amides is 1. The van der Waals surface area contributed by atoms with Gasteiger partial charge in [-0.25, -0.2) is 8.42 Å². The van der Waals surface area contributed by atoms with Gasteiger partial charge in [-0.3, -0.25) is 9.59 Å². The Morgan fingerprint density at radius 2 is 1.78 bits per heavy atom. The molecule has 1 saturated carbocycles. The predicted molar refractivity (Wildman–Crippen MR) is 102 cm³/mol. The molecule has 0 radical (unpaired) electrons. The summed E-state index contributed by atoms with van der Waals surface area (Å²) in [5, 5.41) is 12.3. The molecule has 8 heteroatoms. The molecule has 1 aromatic rings. The van der Waals surface area contributed by atoms with Crippen molar-refractivity contribution >= 4 is 21.9 Å². The Labute approximate surface area is 160 Å². The van der Waals surface area contributed by atoms with Crippen LogP contribution in [0.15, 0.2) is 29.2 Å². The van der Waals surface area contributed by atoms with Crippen molar-refractivity contribution in [3.63, 3.8) is 0 Å². The van der Waals surface area contributed by atoms with Gasteiger partial charge in [-0.15, -0.1) is 0 Å². The number of hydrogen-bond acceptors (Lipinski definition) is 4. The van der Waals surface area contributed by atoms with Crippen molar-refractivity contribution in [1.29, 1.82) is 0 Å². The zero-order valence-corrected chi connectivity index (χ0v) is 16.7. The Kier molecular flexibility index (Phi) is 7.00. The minimum atomic E-state index is -3.66. The molecule has 7 nitrogen and oxygen atoms in total. The van der Waals surface area contributed by atoms with E-state index in [1.165, 1.54) is 28.6 Å². The number of carboxylic acids is 1. The van der Waals surface area contributed by atoms with E-state index in [2.05, 4.69) is 5.32 Å². The summed E-state index contributed by atoms with van der Waals surface area (Å²) in [6.45, 7) is 4.25. The summed E-state index contributed by atoms with van der Waals surface area (Å²) < 4.78 is 26.6. The van der Waals surface area contributed by atoms with Gasteiger partial charge in [0.2, 0.25) is 10.0 Å². The summed E-state index contributed by atoms with van der Waals surface area (Å²) in [4.78, 5) is 24.3. The number of nitrogens with zero attached hydrogens (tertiary/aromatic N) is 1. The number of carboxylic acid groups (broad SMARTS) is 1. The number of rotatable bonds is 8. The highest BCUT2D eigenvalue weighted by Crippen LogP contribution is 2.36. The Balaban J connectivity index is 2.17. The average Bonchev–Trinajstić information content (AvgIpc) is 2.67. The molecule has 0 aliphatic heterocycles. The van der Waals surface area contributed by atoms with Crippen LogP contribution in [-0.2, 0) is 14.8 Å². The molecule has 0 atom stereocenters. The number of carbonyl (C=O) groups excluding carboxylic acids is 1. The second-order valence-electron chi connectivity index (χ2n) is 6.95. The zero-order chi connectivity index (χ0) is 20.1. The SMILES string of the molecule is CCN(CC)S(=O)(=O)c1cccc(C(=O)NCC2(C(=O)O)CCCCC2)c1. The van der Waals surface area contributed by atoms with E-state index in [4.69, 9.17) is 0 Å². The Morgan fingerprint density at radius 1 is 1.15 bits per heavy atom. The first-order valence-corrected chi connectivity index (χ1v) is 10.8. The average molecular weight is 397 g/mol. The fourth-order valence-corrected chi connectivity index (χ4v) is 5.06. The molecule has 0 saturated heterocycles. The number of nitrogens with one attached hydrogen (secondary N) is 1. The van der Waals surface area contributed by atoms with Crippen LogP contribution in [0.25, 0.3) is 0 Å². The fourth-order valence-electron chi connectivity index (χ4n) is 3.56. The van der Waals surface area contributed by atoms with Crippen LogP contribution >= 0.6 is 0 Å². The van der Waals surface area contributed by atoms with E-state index in [-0.39, 0.29) is 17.0 Å². The highest BCUT2D eigenvalue weighted by atomic mass is 32.2. The van der Waals surface area contributed by atoms with E-state index in [0.717, 1.165) is 19.3 Å². The van der Waals surface area contributed by atoms with Crippen LogP contribution in [0, 0.1) is 5.41 Å². The van der Waals surface area contributed by atoms with Crippen molar-refractivity contribution in [3.8, 4) is 0 Å². The van der Waals surface area contributed by atoms with E-state index < -0.39 is 27.3 Å². The minimum absolute atomic E-state index is 0.0498. The summed E-state index contributed by atoms with van der Waals surface area (Å²) >= 11 is 0. The molecule has 1 aliphatic rings. The third-order valence-electron chi connectivity index (χ3n) is 5.29. The number of sulfonamides is 1. The number of carbonyl (C=O) groups is 2. The minimum Gasteiger partial charge on any atom is -0.481 e. The van der Waals surface area contributed by atoms with Gasteiger partial charge >= 0.3 is 5.97 Å². The van der Waals surface area contributed by atoms with Crippen molar-refractivity contribution < 1.29 is 23.1 Å². The van der Waals surface area contributed by atoms with Gasteiger partial charge in [0.25, 0.3) is 5.91 Å². The van der Waals surface area contributed by atoms with Gasteiger partial charge < -0.3 is 10.4 Å². The Morgan fingerprint density at radius 3 is 2.33 bits per heavy atom. The Bertz CT molecular complexity index is 781. The van der Waals surface area contributed by atoms with Crippen LogP contribution in [0.5, 0.6) is 0 Å². The summed E-state index contributed by atoms with van der Waals surface area (Å²) in [5.41, 5.74) is -0.724. The molecule has 2 rings (SSSR count). The van der Waals surface area contributed by atoms with Gasteiger partial charge in [0.1, 0.15) is 0 Å². The second kappa shape index (κ2) is 8.84. The van der Waals surface area contributed by atoms with Crippen molar-refractivity contribution in [2.24, 2.45) is 5.41 Å². The molecule has 0 spiro atoms. The third-order valence-corrected chi connectivity index (χ3v) is 7.34. The van der Waals surface area contributed by atoms with Crippen LogP contribution in [0.4, 0.5) is 0 Å². The van der Waals surface area contributed by atoms with Crippen LogP contribution in [0.3, 0.4) is 0 Å². The summed E-state index contributed by atoms with van der Waals surface area (Å²) in [5.74, 6) is -1.35. The monoisotopic (exact) mass is 396 g/mol. The van der Waals surface area contributed by atoms with Gasteiger partial charge in [0, 0.05) is 25.2 Å². The first-order valence-electron chi connectivity index (χ1n) is 9.38. The zero-order valence-electron chi connectivity index (χ0n) is 15.9. The van der Waals surface area contributed by atoms with Gasteiger partial charge in [0.05, 0.1) is 10.3 Å². The van der Waals surface area contributed by atoms with Gasteiger partial charge in [-0.2, -0.15) is 4.31 Å².